The van der Waals surface area contributed by atoms with Crippen LogP contribution in [0.5, 0.6) is 5.75 Å². The summed E-state index contributed by atoms with van der Waals surface area (Å²) >= 11 is 0. The van der Waals surface area contributed by atoms with Crippen molar-refractivity contribution in [1.29, 1.82) is 0 Å². The number of rotatable bonds is 4. The zero-order valence-corrected chi connectivity index (χ0v) is 13.5. The molecular formula is C20H13F3N2O. The minimum atomic E-state index is -0.590. The number of aromatic nitrogens is 2. The summed E-state index contributed by atoms with van der Waals surface area (Å²) in [4.78, 5) is 7.61. The topological polar surface area (TPSA) is 37.9 Å². The highest BCUT2D eigenvalue weighted by Crippen LogP contribution is 2.31. The predicted octanol–water partition coefficient (Wildman–Crippen LogP) is 5.23. The van der Waals surface area contributed by atoms with Gasteiger partial charge in [-0.25, -0.2) is 18.2 Å². The lowest BCUT2D eigenvalue weighted by Crippen LogP contribution is -2.01. The lowest BCUT2D eigenvalue weighted by atomic mass is 10.1. The van der Waals surface area contributed by atoms with Gasteiger partial charge in [-0.2, -0.15) is 0 Å². The largest absolute Gasteiger partial charge is 0.488 e. The Balaban J connectivity index is 1.69. The predicted molar refractivity (Wildman–Crippen MR) is 92.2 cm³/mol. The van der Waals surface area contributed by atoms with Gasteiger partial charge in [-0.3, -0.25) is 0 Å². The van der Waals surface area contributed by atoms with Crippen molar-refractivity contribution in [2.24, 2.45) is 0 Å². The molecule has 0 aliphatic rings. The Bertz CT molecular complexity index is 1060. The van der Waals surface area contributed by atoms with Crippen molar-refractivity contribution in [3.05, 3.63) is 83.7 Å². The normalized spacial score (nSPS) is 11.0. The minimum Gasteiger partial charge on any atom is -0.488 e. The number of hydrogen-bond donors (Lipinski definition) is 1. The number of imidazole rings is 1. The lowest BCUT2D eigenvalue weighted by Gasteiger charge is -2.11. The molecule has 0 bridgehead atoms. The van der Waals surface area contributed by atoms with E-state index in [0.29, 0.717) is 11.4 Å². The maximum Gasteiger partial charge on any atom is 0.142 e. The van der Waals surface area contributed by atoms with Gasteiger partial charge < -0.3 is 9.72 Å². The van der Waals surface area contributed by atoms with Crippen molar-refractivity contribution in [2.75, 3.05) is 0 Å². The Kier molecular flexibility index (Phi) is 4.08. The van der Waals surface area contributed by atoms with Crippen LogP contribution in [0.15, 0.2) is 60.7 Å². The van der Waals surface area contributed by atoms with E-state index in [4.69, 9.17) is 4.74 Å². The number of benzene rings is 3. The molecule has 4 rings (SSSR count). The van der Waals surface area contributed by atoms with Gasteiger partial charge in [0.05, 0.1) is 16.6 Å². The summed E-state index contributed by atoms with van der Waals surface area (Å²) in [7, 11) is 0. The molecule has 0 saturated heterocycles. The van der Waals surface area contributed by atoms with E-state index in [9.17, 15) is 13.2 Å². The molecule has 0 unspecified atom stereocenters. The van der Waals surface area contributed by atoms with Gasteiger partial charge in [0.2, 0.25) is 0 Å². The maximum absolute atomic E-state index is 13.8. The molecule has 3 aromatic carbocycles. The zero-order valence-electron chi connectivity index (χ0n) is 13.5. The second-order valence-electron chi connectivity index (χ2n) is 5.77. The average Bonchev–Trinajstić information content (AvgIpc) is 3.06. The van der Waals surface area contributed by atoms with Crippen LogP contribution in [0.4, 0.5) is 13.2 Å². The quantitative estimate of drug-likeness (QED) is 0.545. The second kappa shape index (κ2) is 6.55. The Morgan fingerprint density at radius 3 is 2.50 bits per heavy atom. The first kappa shape index (κ1) is 16.2. The SMILES string of the molecule is Fc1ccc(F)c(COc2cc(F)ccc2-c2nc3ccccc3[nH]2)c1. The van der Waals surface area contributed by atoms with Crippen LogP contribution in [-0.2, 0) is 6.61 Å². The smallest absolute Gasteiger partial charge is 0.142 e. The van der Waals surface area contributed by atoms with Crippen LogP contribution in [0.25, 0.3) is 22.4 Å². The van der Waals surface area contributed by atoms with Crippen LogP contribution in [0, 0.1) is 17.5 Å². The highest BCUT2D eigenvalue weighted by atomic mass is 19.1. The first-order chi connectivity index (χ1) is 12.6. The van der Waals surface area contributed by atoms with Crippen molar-refractivity contribution in [3.8, 4) is 17.1 Å². The number of fused-ring (bicyclic) bond motifs is 1. The molecule has 0 amide bonds. The second-order valence-corrected chi connectivity index (χ2v) is 5.77. The van der Waals surface area contributed by atoms with Crippen molar-refractivity contribution in [3.63, 3.8) is 0 Å². The van der Waals surface area contributed by atoms with Crippen LogP contribution in [0.1, 0.15) is 5.56 Å². The molecule has 3 nitrogen and oxygen atoms in total. The van der Waals surface area contributed by atoms with Gasteiger partial charge in [-0.1, -0.05) is 12.1 Å². The number of hydrogen-bond acceptors (Lipinski definition) is 2. The molecule has 26 heavy (non-hydrogen) atoms. The van der Waals surface area contributed by atoms with Crippen LogP contribution in [0.2, 0.25) is 0 Å². The van der Waals surface area contributed by atoms with Crippen LogP contribution < -0.4 is 4.74 Å². The number of nitrogens with one attached hydrogen (secondary N) is 1. The monoisotopic (exact) mass is 354 g/mol. The zero-order chi connectivity index (χ0) is 18.1. The van der Waals surface area contributed by atoms with Gasteiger partial charge in [0.25, 0.3) is 0 Å². The van der Waals surface area contributed by atoms with Crippen LogP contribution in [0.3, 0.4) is 0 Å². The molecule has 0 aliphatic heterocycles. The molecule has 1 aromatic heterocycles. The number of para-hydroxylation sites is 2. The van der Waals surface area contributed by atoms with Gasteiger partial charge in [-0.05, 0) is 42.5 Å². The molecule has 0 atom stereocenters. The highest BCUT2D eigenvalue weighted by molar-refractivity contribution is 5.80. The Morgan fingerprint density at radius 1 is 0.885 bits per heavy atom. The van der Waals surface area contributed by atoms with Gasteiger partial charge in [0, 0.05) is 11.6 Å². The number of halogens is 3. The number of H-pyrrole nitrogens is 1. The van der Waals surface area contributed by atoms with E-state index in [2.05, 4.69) is 9.97 Å². The summed E-state index contributed by atoms with van der Waals surface area (Å²) < 4.78 is 46.4. The first-order valence-corrected chi connectivity index (χ1v) is 7.91. The number of aromatic amines is 1. The van der Waals surface area contributed by atoms with E-state index in [-0.39, 0.29) is 17.9 Å². The molecule has 0 spiro atoms. The van der Waals surface area contributed by atoms with Gasteiger partial charge >= 0.3 is 0 Å². The third-order valence-corrected chi connectivity index (χ3v) is 3.98. The molecule has 0 fully saturated rings. The fourth-order valence-electron chi connectivity index (χ4n) is 2.70. The first-order valence-electron chi connectivity index (χ1n) is 7.91. The van der Waals surface area contributed by atoms with Crippen molar-refractivity contribution in [1.82, 2.24) is 9.97 Å². The third kappa shape index (κ3) is 3.13. The number of ether oxygens (including phenoxy) is 1. The van der Waals surface area contributed by atoms with E-state index in [0.717, 1.165) is 29.2 Å². The summed E-state index contributed by atoms with van der Waals surface area (Å²) in [5.74, 6) is -0.969. The molecule has 6 heteroatoms. The summed E-state index contributed by atoms with van der Waals surface area (Å²) in [6.07, 6.45) is 0. The Morgan fingerprint density at radius 2 is 1.65 bits per heavy atom. The summed E-state index contributed by atoms with van der Waals surface area (Å²) in [6, 6.07) is 14.6. The third-order valence-electron chi connectivity index (χ3n) is 3.98. The lowest BCUT2D eigenvalue weighted by molar-refractivity contribution is 0.298. The minimum absolute atomic E-state index is 0.0461. The Labute approximate surface area is 147 Å². The van der Waals surface area contributed by atoms with Crippen LogP contribution >= 0.6 is 0 Å². The van der Waals surface area contributed by atoms with Gasteiger partial charge in [-0.15, -0.1) is 0 Å². The van der Waals surface area contributed by atoms with E-state index >= 15 is 0 Å². The van der Waals surface area contributed by atoms with E-state index < -0.39 is 17.5 Å². The summed E-state index contributed by atoms with van der Waals surface area (Å²) in [5.41, 5.74) is 2.16. The molecule has 1 N–H and O–H groups in total. The fourth-order valence-corrected chi connectivity index (χ4v) is 2.70. The molecule has 130 valence electrons. The molecule has 4 aromatic rings. The standard InChI is InChI=1S/C20H13F3N2O/c21-13-6-8-16(23)12(9-13)11-26-19-10-14(22)5-7-15(19)20-24-17-3-1-2-4-18(17)25-20/h1-10H,11H2,(H,24,25). The van der Waals surface area contributed by atoms with Crippen LogP contribution in [-0.4, -0.2) is 9.97 Å². The Hall–Kier alpha value is -3.28. The molecule has 1 heterocycles. The average molecular weight is 354 g/mol. The van der Waals surface area contributed by atoms with Gasteiger partial charge in [0.15, 0.2) is 0 Å². The highest BCUT2D eigenvalue weighted by Gasteiger charge is 2.13. The molecular weight excluding hydrogens is 341 g/mol. The van der Waals surface area contributed by atoms with E-state index in [1.807, 2.05) is 24.3 Å². The molecule has 0 radical (unpaired) electrons. The fraction of sp³-hybridized carbons (Fsp3) is 0.0500. The summed E-state index contributed by atoms with van der Waals surface area (Å²) in [5, 5.41) is 0. The number of nitrogens with zero attached hydrogens (tertiary/aromatic N) is 1. The van der Waals surface area contributed by atoms with E-state index in [1.165, 1.54) is 18.2 Å². The maximum atomic E-state index is 13.8. The van der Waals surface area contributed by atoms with Gasteiger partial charge in [0.1, 0.15) is 35.6 Å². The van der Waals surface area contributed by atoms with E-state index in [1.54, 1.807) is 0 Å². The van der Waals surface area contributed by atoms with Crippen molar-refractivity contribution < 1.29 is 17.9 Å². The molecule has 0 aliphatic carbocycles. The van der Waals surface area contributed by atoms with Crippen molar-refractivity contribution in [2.45, 2.75) is 6.61 Å². The van der Waals surface area contributed by atoms with Crippen molar-refractivity contribution >= 4 is 11.0 Å². The molecule has 0 saturated carbocycles. The summed E-state index contributed by atoms with van der Waals surface area (Å²) in [6.45, 7) is -0.236.